The lowest BCUT2D eigenvalue weighted by Crippen LogP contribution is -2.16. The maximum Gasteiger partial charge on any atom is 0.274 e. The Morgan fingerprint density at radius 2 is 2.04 bits per heavy atom. The van der Waals surface area contributed by atoms with Gasteiger partial charge in [-0.15, -0.1) is 0 Å². The zero-order valence-corrected chi connectivity index (χ0v) is 14.6. The lowest BCUT2D eigenvalue weighted by Gasteiger charge is -2.10. The zero-order valence-electron chi connectivity index (χ0n) is 13.8. The van der Waals surface area contributed by atoms with E-state index in [0.29, 0.717) is 28.9 Å². The van der Waals surface area contributed by atoms with Crippen molar-refractivity contribution >= 4 is 29.1 Å². The molecule has 0 atom stereocenters. The standard InChI is InChI=1S/C18H17ClN4O2/c1-11-8-13(19)5-6-15(11)22-17(24)16-9-12(2)21-18(23-16)20-10-14-4-3-7-25-14/h3-9H,10H2,1-2H3,(H,22,24)(H,20,21,23). The number of anilines is 2. The van der Waals surface area contributed by atoms with Crippen molar-refractivity contribution in [1.82, 2.24) is 9.97 Å². The number of rotatable bonds is 5. The summed E-state index contributed by atoms with van der Waals surface area (Å²) in [5.41, 5.74) is 2.54. The molecule has 0 saturated carbocycles. The zero-order chi connectivity index (χ0) is 17.8. The summed E-state index contributed by atoms with van der Waals surface area (Å²) >= 11 is 5.94. The number of halogens is 1. The first-order valence-electron chi connectivity index (χ1n) is 7.71. The van der Waals surface area contributed by atoms with Gasteiger partial charge in [-0.3, -0.25) is 4.79 Å². The number of furan rings is 1. The van der Waals surface area contributed by atoms with Gasteiger partial charge in [0.2, 0.25) is 5.95 Å². The lowest BCUT2D eigenvalue weighted by atomic mass is 10.2. The van der Waals surface area contributed by atoms with Crippen molar-refractivity contribution in [1.29, 1.82) is 0 Å². The van der Waals surface area contributed by atoms with Crippen molar-refractivity contribution in [3.05, 3.63) is 70.4 Å². The summed E-state index contributed by atoms with van der Waals surface area (Å²) in [5.74, 6) is 0.819. The number of amides is 1. The predicted molar refractivity (Wildman–Crippen MR) is 96.9 cm³/mol. The van der Waals surface area contributed by atoms with Gasteiger partial charge >= 0.3 is 0 Å². The number of carbonyl (C=O) groups is 1. The fraction of sp³-hybridized carbons (Fsp3) is 0.167. The van der Waals surface area contributed by atoms with Crippen LogP contribution in [0.25, 0.3) is 0 Å². The monoisotopic (exact) mass is 356 g/mol. The van der Waals surface area contributed by atoms with Gasteiger partial charge in [0.05, 0.1) is 12.8 Å². The molecule has 0 bridgehead atoms. The number of benzene rings is 1. The molecule has 1 aromatic carbocycles. The third kappa shape index (κ3) is 4.36. The number of aromatic nitrogens is 2. The Hall–Kier alpha value is -2.86. The minimum Gasteiger partial charge on any atom is -0.467 e. The molecular weight excluding hydrogens is 340 g/mol. The first-order chi connectivity index (χ1) is 12.0. The van der Waals surface area contributed by atoms with E-state index < -0.39 is 0 Å². The molecule has 2 heterocycles. The second-order valence-corrected chi connectivity index (χ2v) is 6.00. The molecule has 6 nitrogen and oxygen atoms in total. The van der Waals surface area contributed by atoms with Crippen LogP contribution >= 0.6 is 11.6 Å². The molecule has 1 amide bonds. The average molecular weight is 357 g/mol. The molecule has 128 valence electrons. The highest BCUT2D eigenvalue weighted by Crippen LogP contribution is 2.20. The molecule has 3 rings (SSSR count). The predicted octanol–water partition coefficient (Wildman–Crippen LogP) is 4.20. The smallest absolute Gasteiger partial charge is 0.274 e. The molecule has 0 saturated heterocycles. The number of hydrogen-bond acceptors (Lipinski definition) is 5. The average Bonchev–Trinajstić information content (AvgIpc) is 3.08. The van der Waals surface area contributed by atoms with Crippen LogP contribution in [0.5, 0.6) is 0 Å². The molecule has 0 fully saturated rings. The van der Waals surface area contributed by atoms with Gasteiger partial charge in [-0.25, -0.2) is 9.97 Å². The third-order valence-corrected chi connectivity index (χ3v) is 3.76. The van der Waals surface area contributed by atoms with Crippen molar-refractivity contribution in [2.24, 2.45) is 0 Å². The van der Waals surface area contributed by atoms with Gasteiger partial charge in [-0.1, -0.05) is 11.6 Å². The first kappa shape index (κ1) is 17.0. The normalized spacial score (nSPS) is 10.5. The van der Waals surface area contributed by atoms with E-state index in [4.69, 9.17) is 16.0 Å². The van der Waals surface area contributed by atoms with Crippen LogP contribution in [0.1, 0.15) is 27.5 Å². The van der Waals surface area contributed by atoms with Crippen molar-refractivity contribution in [2.45, 2.75) is 20.4 Å². The minimum atomic E-state index is -0.308. The topological polar surface area (TPSA) is 80.0 Å². The molecule has 0 aliphatic heterocycles. The molecule has 2 N–H and O–H groups in total. The third-order valence-electron chi connectivity index (χ3n) is 3.52. The van der Waals surface area contributed by atoms with E-state index in [0.717, 1.165) is 11.3 Å². The number of carbonyl (C=O) groups excluding carboxylic acids is 1. The Kier molecular flexibility index (Phi) is 5.00. The summed E-state index contributed by atoms with van der Waals surface area (Å²) in [5, 5.41) is 6.52. The SMILES string of the molecule is Cc1cc(C(=O)Nc2ccc(Cl)cc2C)nc(NCc2ccco2)n1. The van der Waals surface area contributed by atoms with E-state index in [9.17, 15) is 4.79 Å². The Labute approximate surface area is 150 Å². The molecular formula is C18H17ClN4O2. The van der Waals surface area contributed by atoms with Crippen LogP contribution in [-0.2, 0) is 6.54 Å². The maximum atomic E-state index is 12.5. The van der Waals surface area contributed by atoms with Crippen molar-refractivity contribution in [2.75, 3.05) is 10.6 Å². The van der Waals surface area contributed by atoms with Gasteiger partial charge in [0.1, 0.15) is 11.5 Å². The van der Waals surface area contributed by atoms with Crippen LogP contribution in [0.4, 0.5) is 11.6 Å². The fourth-order valence-corrected chi connectivity index (χ4v) is 2.52. The summed E-state index contributed by atoms with van der Waals surface area (Å²) in [7, 11) is 0. The van der Waals surface area contributed by atoms with Crippen LogP contribution in [0, 0.1) is 13.8 Å². The number of nitrogens with zero attached hydrogens (tertiary/aromatic N) is 2. The first-order valence-corrected chi connectivity index (χ1v) is 8.08. The fourth-order valence-electron chi connectivity index (χ4n) is 2.30. The molecule has 0 radical (unpaired) electrons. The Morgan fingerprint density at radius 1 is 1.20 bits per heavy atom. The number of hydrogen-bond donors (Lipinski definition) is 2. The van der Waals surface area contributed by atoms with Crippen LogP contribution < -0.4 is 10.6 Å². The van der Waals surface area contributed by atoms with E-state index in [2.05, 4.69) is 20.6 Å². The van der Waals surface area contributed by atoms with E-state index in [1.54, 1.807) is 36.6 Å². The van der Waals surface area contributed by atoms with E-state index in [1.807, 2.05) is 19.9 Å². The van der Waals surface area contributed by atoms with Gasteiger partial charge in [-0.2, -0.15) is 0 Å². The van der Waals surface area contributed by atoms with E-state index in [-0.39, 0.29) is 11.6 Å². The van der Waals surface area contributed by atoms with Crippen molar-refractivity contribution in [3.63, 3.8) is 0 Å². The number of nitrogens with one attached hydrogen (secondary N) is 2. The molecule has 2 aromatic heterocycles. The van der Waals surface area contributed by atoms with Gasteiger partial charge in [0, 0.05) is 16.4 Å². The Morgan fingerprint density at radius 3 is 2.76 bits per heavy atom. The summed E-state index contributed by atoms with van der Waals surface area (Å²) in [4.78, 5) is 21.1. The second kappa shape index (κ2) is 7.36. The molecule has 0 unspecified atom stereocenters. The lowest BCUT2D eigenvalue weighted by molar-refractivity contribution is 0.102. The second-order valence-electron chi connectivity index (χ2n) is 5.56. The highest BCUT2D eigenvalue weighted by Gasteiger charge is 2.12. The van der Waals surface area contributed by atoms with Gasteiger partial charge in [-0.05, 0) is 55.8 Å². The van der Waals surface area contributed by atoms with E-state index >= 15 is 0 Å². The van der Waals surface area contributed by atoms with Crippen LogP contribution in [0.15, 0.2) is 47.1 Å². The molecule has 0 aliphatic carbocycles. The van der Waals surface area contributed by atoms with E-state index in [1.165, 1.54) is 0 Å². The molecule has 0 spiro atoms. The summed E-state index contributed by atoms with van der Waals surface area (Å²) < 4.78 is 5.26. The highest BCUT2D eigenvalue weighted by atomic mass is 35.5. The molecule has 25 heavy (non-hydrogen) atoms. The highest BCUT2D eigenvalue weighted by molar-refractivity contribution is 6.30. The van der Waals surface area contributed by atoms with Crippen molar-refractivity contribution in [3.8, 4) is 0 Å². The van der Waals surface area contributed by atoms with Crippen molar-refractivity contribution < 1.29 is 9.21 Å². The Balaban J connectivity index is 1.75. The van der Waals surface area contributed by atoms with Crippen LogP contribution in [0.2, 0.25) is 5.02 Å². The summed E-state index contributed by atoms with van der Waals surface area (Å²) in [6.45, 7) is 4.13. The molecule has 0 aliphatic rings. The molecule has 3 aromatic rings. The van der Waals surface area contributed by atoms with Gasteiger partial charge in [0.25, 0.3) is 5.91 Å². The molecule has 7 heteroatoms. The number of aryl methyl sites for hydroxylation is 2. The van der Waals surface area contributed by atoms with Crippen LogP contribution in [-0.4, -0.2) is 15.9 Å². The summed E-state index contributed by atoms with van der Waals surface area (Å²) in [6, 6.07) is 10.6. The minimum absolute atomic E-state index is 0.281. The van der Waals surface area contributed by atoms with Gasteiger partial charge in [0.15, 0.2) is 0 Å². The van der Waals surface area contributed by atoms with Gasteiger partial charge < -0.3 is 15.1 Å². The largest absolute Gasteiger partial charge is 0.467 e. The maximum absolute atomic E-state index is 12.5. The Bertz CT molecular complexity index is 894. The van der Waals surface area contributed by atoms with Crippen LogP contribution in [0.3, 0.4) is 0 Å². The summed E-state index contributed by atoms with van der Waals surface area (Å²) in [6.07, 6.45) is 1.60. The quantitative estimate of drug-likeness (QED) is 0.716.